The second kappa shape index (κ2) is 4.76. The van der Waals surface area contributed by atoms with Crippen molar-refractivity contribution in [3.63, 3.8) is 0 Å². The molecule has 0 bridgehead atoms. The summed E-state index contributed by atoms with van der Waals surface area (Å²) in [6, 6.07) is 6.55. The van der Waals surface area contributed by atoms with E-state index in [1.807, 2.05) is 0 Å². The maximum atomic E-state index is 12.5. The van der Waals surface area contributed by atoms with Gasteiger partial charge >= 0.3 is 12.1 Å². The molecule has 0 saturated carbocycles. The van der Waals surface area contributed by atoms with Gasteiger partial charge < -0.3 is 9.84 Å². The number of carbonyl (C=O) groups is 2. The number of aliphatic carboxylic acids is 1. The molecule has 1 N–H and O–H groups in total. The lowest BCUT2D eigenvalue weighted by Gasteiger charge is -2.31. The topological polar surface area (TPSA) is 66.8 Å². The molecule has 1 aromatic carbocycles. The fourth-order valence-corrected chi connectivity index (χ4v) is 2.68. The van der Waals surface area contributed by atoms with Crippen molar-refractivity contribution in [2.24, 2.45) is 0 Å². The van der Waals surface area contributed by atoms with Gasteiger partial charge in [-0.05, 0) is 46.2 Å². The molecule has 0 spiro atoms. The van der Waals surface area contributed by atoms with E-state index >= 15 is 0 Å². The number of benzene rings is 1. The average molecular weight is 291 g/mol. The molecule has 2 unspecified atom stereocenters. The van der Waals surface area contributed by atoms with E-state index in [1.54, 1.807) is 58.9 Å². The zero-order valence-corrected chi connectivity index (χ0v) is 13.0. The van der Waals surface area contributed by atoms with Crippen molar-refractivity contribution in [3.8, 4) is 0 Å². The van der Waals surface area contributed by atoms with E-state index in [4.69, 9.17) is 4.74 Å². The van der Waals surface area contributed by atoms with Gasteiger partial charge in [-0.15, -0.1) is 0 Å². The Morgan fingerprint density at radius 3 is 2.38 bits per heavy atom. The third-order valence-corrected chi connectivity index (χ3v) is 3.98. The minimum absolute atomic E-state index is 0.521. The highest BCUT2D eigenvalue weighted by molar-refractivity contribution is 5.98. The highest BCUT2D eigenvalue weighted by atomic mass is 16.6. The van der Waals surface area contributed by atoms with Crippen molar-refractivity contribution in [2.75, 3.05) is 4.90 Å². The molecule has 1 heterocycles. The summed E-state index contributed by atoms with van der Waals surface area (Å²) < 4.78 is 5.42. The summed E-state index contributed by atoms with van der Waals surface area (Å²) in [6.07, 6.45) is -0.521. The third kappa shape index (κ3) is 2.37. The molecule has 21 heavy (non-hydrogen) atoms. The van der Waals surface area contributed by atoms with Crippen LogP contribution >= 0.6 is 0 Å². The first kappa shape index (κ1) is 15.4. The van der Waals surface area contributed by atoms with Gasteiger partial charge in [0.05, 0.1) is 11.7 Å². The number of ether oxygens (including phenoxy) is 1. The third-order valence-electron chi connectivity index (χ3n) is 3.98. The minimum atomic E-state index is -1.15. The molecular weight excluding hydrogens is 270 g/mol. The second-order valence-corrected chi connectivity index (χ2v) is 6.55. The predicted octanol–water partition coefficient (Wildman–Crippen LogP) is 3.17. The van der Waals surface area contributed by atoms with Crippen LogP contribution in [-0.4, -0.2) is 28.8 Å². The molecule has 0 aromatic heterocycles. The summed E-state index contributed by atoms with van der Waals surface area (Å²) in [7, 11) is 0. The number of anilines is 1. The number of para-hydroxylation sites is 1. The monoisotopic (exact) mass is 291 g/mol. The number of nitrogens with zero attached hydrogens (tertiary/aromatic N) is 1. The number of rotatable bonds is 1. The Kier molecular flexibility index (Phi) is 3.48. The number of hydrogen-bond donors (Lipinski definition) is 1. The summed E-state index contributed by atoms with van der Waals surface area (Å²) in [6.45, 7) is 8.73. The van der Waals surface area contributed by atoms with Gasteiger partial charge in [0.1, 0.15) is 11.0 Å². The molecule has 0 aliphatic carbocycles. The zero-order chi connectivity index (χ0) is 16.0. The van der Waals surface area contributed by atoms with E-state index in [2.05, 4.69) is 0 Å². The molecule has 5 heteroatoms. The lowest BCUT2D eigenvalue weighted by molar-refractivity contribution is -0.143. The Balaban J connectivity index is 2.50. The normalized spacial score (nSPS) is 24.6. The van der Waals surface area contributed by atoms with E-state index in [0.29, 0.717) is 11.3 Å². The highest BCUT2D eigenvalue weighted by Gasteiger charge is 2.53. The van der Waals surface area contributed by atoms with Gasteiger partial charge in [0.15, 0.2) is 0 Å². The fourth-order valence-electron chi connectivity index (χ4n) is 2.68. The molecule has 1 aromatic rings. The number of carboxylic acids is 1. The summed E-state index contributed by atoms with van der Waals surface area (Å²) >= 11 is 0. The summed E-state index contributed by atoms with van der Waals surface area (Å²) in [5.74, 6) is -0.950. The fraction of sp³-hybridized carbons (Fsp3) is 0.500. The van der Waals surface area contributed by atoms with Gasteiger partial charge in [-0.1, -0.05) is 18.2 Å². The molecule has 0 fully saturated rings. The summed E-state index contributed by atoms with van der Waals surface area (Å²) in [4.78, 5) is 25.7. The lowest BCUT2D eigenvalue weighted by Crippen LogP contribution is -2.49. The van der Waals surface area contributed by atoms with Gasteiger partial charge in [0.25, 0.3) is 0 Å². The van der Waals surface area contributed by atoms with Gasteiger partial charge in [0.2, 0.25) is 0 Å². The van der Waals surface area contributed by atoms with Crippen molar-refractivity contribution in [1.29, 1.82) is 0 Å². The van der Waals surface area contributed by atoms with Crippen LogP contribution in [0.3, 0.4) is 0 Å². The maximum Gasteiger partial charge on any atom is 0.415 e. The number of carboxylic acid groups (broad SMARTS) is 1. The van der Waals surface area contributed by atoms with Crippen molar-refractivity contribution in [3.05, 3.63) is 29.8 Å². The number of amides is 1. The molecule has 5 nitrogen and oxygen atoms in total. The van der Waals surface area contributed by atoms with Gasteiger partial charge in [-0.2, -0.15) is 0 Å². The minimum Gasteiger partial charge on any atom is -0.481 e. The molecule has 1 aliphatic rings. The average Bonchev–Trinajstić information content (AvgIpc) is 2.58. The molecule has 2 atom stereocenters. The van der Waals surface area contributed by atoms with Crippen LogP contribution in [0.25, 0.3) is 0 Å². The van der Waals surface area contributed by atoms with Crippen molar-refractivity contribution < 1.29 is 19.4 Å². The molecule has 1 aliphatic heterocycles. The van der Waals surface area contributed by atoms with Crippen LogP contribution in [-0.2, 0) is 14.9 Å². The SMILES string of the molecule is CC1N(C(=O)OC(C)(C)C)c2ccccc2C1(C)C(=O)O. The number of fused-ring (bicyclic) bond motifs is 1. The zero-order valence-electron chi connectivity index (χ0n) is 13.0. The van der Waals surface area contributed by atoms with Crippen LogP contribution in [0.1, 0.15) is 40.2 Å². The maximum absolute atomic E-state index is 12.5. The predicted molar refractivity (Wildman–Crippen MR) is 79.6 cm³/mol. The first-order chi connectivity index (χ1) is 9.59. The summed E-state index contributed by atoms with van der Waals surface area (Å²) in [5.41, 5.74) is -0.540. The molecule has 114 valence electrons. The number of hydrogen-bond acceptors (Lipinski definition) is 3. The first-order valence-corrected chi connectivity index (χ1v) is 6.94. The van der Waals surface area contributed by atoms with Gasteiger partial charge in [-0.25, -0.2) is 4.79 Å². The Morgan fingerprint density at radius 1 is 1.29 bits per heavy atom. The Bertz CT molecular complexity index is 590. The van der Waals surface area contributed by atoms with E-state index in [-0.39, 0.29) is 0 Å². The van der Waals surface area contributed by atoms with Gasteiger partial charge in [0, 0.05) is 0 Å². The second-order valence-electron chi connectivity index (χ2n) is 6.55. The molecule has 0 radical (unpaired) electrons. The van der Waals surface area contributed by atoms with E-state index in [0.717, 1.165) is 0 Å². The Labute approximate surface area is 124 Å². The van der Waals surface area contributed by atoms with Crippen molar-refractivity contribution >= 4 is 17.7 Å². The van der Waals surface area contributed by atoms with E-state index in [1.165, 1.54) is 4.90 Å². The van der Waals surface area contributed by atoms with Crippen molar-refractivity contribution in [1.82, 2.24) is 0 Å². The van der Waals surface area contributed by atoms with E-state index in [9.17, 15) is 14.7 Å². The van der Waals surface area contributed by atoms with Gasteiger partial charge in [-0.3, -0.25) is 9.69 Å². The van der Waals surface area contributed by atoms with Crippen LogP contribution in [0, 0.1) is 0 Å². The largest absolute Gasteiger partial charge is 0.481 e. The summed E-state index contributed by atoms with van der Waals surface area (Å²) in [5, 5.41) is 9.64. The Morgan fingerprint density at radius 2 is 1.86 bits per heavy atom. The van der Waals surface area contributed by atoms with Crippen LogP contribution in [0.4, 0.5) is 10.5 Å². The van der Waals surface area contributed by atoms with Crippen LogP contribution in [0.2, 0.25) is 0 Å². The molecule has 2 rings (SSSR count). The quantitative estimate of drug-likeness (QED) is 0.863. The van der Waals surface area contributed by atoms with E-state index < -0.39 is 29.1 Å². The van der Waals surface area contributed by atoms with Crippen molar-refractivity contribution in [2.45, 2.75) is 51.7 Å². The highest BCUT2D eigenvalue weighted by Crippen LogP contribution is 2.45. The molecule has 1 amide bonds. The Hall–Kier alpha value is -2.04. The van der Waals surface area contributed by atoms with Crippen LogP contribution in [0.15, 0.2) is 24.3 Å². The standard InChI is InChI=1S/C16H21NO4/c1-10-16(5,13(18)19)11-8-6-7-9-12(11)17(10)14(20)21-15(2,3)4/h6-10H,1-5H3,(H,18,19). The van der Waals surface area contributed by atoms with Crippen LogP contribution in [0.5, 0.6) is 0 Å². The number of carbonyl (C=O) groups excluding carboxylic acids is 1. The first-order valence-electron chi connectivity index (χ1n) is 6.94. The lowest BCUT2D eigenvalue weighted by atomic mass is 9.79. The molecular formula is C16H21NO4. The molecule has 0 saturated heterocycles. The van der Waals surface area contributed by atoms with Crippen LogP contribution < -0.4 is 4.90 Å². The smallest absolute Gasteiger partial charge is 0.415 e.